The summed E-state index contributed by atoms with van der Waals surface area (Å²) in [4.78, 5) is 4.08. The summed E-state index contributed by atoms with van der Waals surface area (Å²) < 4.78 is 15.6. The maximum Gasteiger partial charge on any atom is 0.141 e. The van der Waals surface area contributed by atoms with E-state index in [1.807, 2.05) is 10.6 Å². The van der Waals surface area contributed by atoms with Gasteiger partial charge in [0.1, 0.15) is 11.9 Å². The number of imidazole rings is 1. The summed E-state index contributed by atoms with van der Waals surface area (Å²) >= 11 is 0. The molecule has 1 aromatic heterocycles. The van der Waals surface area contributed by atoms with Gasteiger partial charge >= 0.3 is 0 Å². The zero-order chi connectivity index (χ0) is 12.7. The van der Waals surface area contributed by atoms with E-state index < -0.39 is 5.82 Å². The molecule has 0 bridgehead atoms. The van der Waals surface area contributed by atoms with E-state index in [-0.39, 0.29) is 11.6 Å². The lowest BCUT2D eigenvalue weighted by Crippen LogP contribution is -2.05. The number of nitriles is 1. The van der Waals surface area contributed by atoms with Gasteiger partial charge in [-0.3, -0.25) is 0 Å². The molecule has 0 saturated heterocycles. The van der Waals surface area contributed by atoms with Crippen LogP contribution in [0.4, 0.5) is 4.39 Å². The molecule has 3 rings (SSSR count). The van der Waals surface area contributed by atoms with E-state index in [2.05, 4.69) is 11.6 Å². The van der Waals surface area contributed by atoms with Crippen LogP contribution in [0.15, 0.2) is 37.3 Å². The zero-order valence-corrected chi connectivity index (χ0v) is 9.60. The largest absolute Gasteiger partial charge is 0.323 e. The maximum atomic E-state index is 13.6. The Kier molecular flexibility index (Phi) is 2.27. The molecule has 0 spiro atoms. The number of fused-ring (bicyclic) bond motifs is 1. The lowest BCUT2D eigenvalue weighted by molar-refractivity contribution is 0.599. The molecule has 1 aliphatic heterocycles. The van der Waals surface area contributed by atoms with Crippen molar-refractivity contribution in [1.29, 1.82) is 5.26 Å². The molecule has 3 nitrogen and oxygen atoms in total. The second-order valence-corrected chi connectivity index (χ2v) is 4.36. The van der Waals surface area contributed by atoms with Crippen LogP contribution in [0.1, 0.15) is 29.3 Å². The van der Waals surface area contributed by atoms with Gasteiger partial charge in [-0.15, -0.1) is 0 Å². The minimum atomic E-state index is -0.478. The lowest BCUT2D eigenvalue weighted by atomic mass is 10.0. The normalized spacial score (nSPS) is 17.6. The molecule has 2 aromatic rings. The minimum Gasteiger partial charge on any atom is -0.323 e. The monoisotopic (exact) mass is 239 g/mol. The second kappa shape index (κ2) is 3.81. The standard InChI is InChI=1S/C14H10FN3/c1-9-4-13(18-8-17-7-14(9)18)10-2-3-11(6-16)12(15)5-10/h2-3,5,7-8,13H,1,4H2. The molecule has 1 atom stereocenters. The number of hydrogen-bond acceptors (Lipinski definition) is 2. The molecule has 4 heteroatoms. The highest BCUT2D eigenvalue weighted by molar-refractivity contribution is 5.64. The van der Waals surface area contributed by atoms with Gasteiger partial charge in [-0.1, -0.05) is 12.6 Å². The summed E-state index contributed by atoms with van der Waals surface area (Å²) in [6.45, 7) is 3.99. The minimum absolute atomic E-state index is 0.0252. The van der Waals surface area contributed by atoms with Crippen LogP contribution in [-0.4, -0.2) is 9.55 Å². The van der Waals surface area contributed by atoms with Crippen LogP contribution in [0.3, 0.4) is 0 Å². The van der Waals surface area contributed by atoms with Crippen LogP contribution in [0.2, 0.25) is 0 Å². The fourth-order valence-electron chi connectivity index (χ4n) is 2.37. The highest BCUT2D eigenvalue weighted by atomic mass is 19.1. The first-order valence-corrected chi connectivity index (χ1v) is 5.60. The molecule has 18 heavy (non-hydrogen) atoms. The molecule has 0 fully saturated rings. The van der Waals surface area contributed by atoms with Crippen molar-refractivity contribution in [2.24, 2.45) is 0 Å². The topological polar surface area (TPSA) is 41.6 Å². The summed E-state index contributed by atoms with van der Waals surface area (Å²) in [5.74, 6) is -0.478. The van der Waals surface area contributed by atoms with Gasteiger partial charge in [-0.25, -0.2) is 9.37 Å². The first-order valence-electron chi connectivity index (χ1n) is 5.60. The third kappa shape index (κ3) is 1.45. The molecular weight excluding hydrogens is 229 g/mol. The number of benzene rings is 1. The molecule has 1 aromatic carbocycles. The number of allylic oxidation sites excluding steroid dienone is 1. The van der Waals surface area contributed by atoms with Gasteiger partial charge in [-0.2, -0.15) is 5.26 Å². The molecule has 2 heterocycles. The van der Waals surface area contributed by atoms with Crippen LogP contribution in [0.5, 0.6) is 0 Å². The van der Waals surface area contributed by atoms with Gasteiger partial charge in [0.2, 0.25) is 0 Å². The summed E-state index contributed by atoms with van der Waals surface area (Å²) in [7, 11) is 0. The van der Waals surface area contributed by atoms with E-state index in [4.69, 9.17) is 5.26 Å². The number of aromatic nitrogens is 2. The highest BCUT2D eigenvalue weighted by Gasteiger charge is 2.26. The van der Waals surface area contributed by atoms with Crippen LogP contribution in [0.25, 0.3) is 5.57 Å². The zero-order valence-electron chi connectivity index (χ0n) is 9.60. The Bertz CT molecular complexity index is 679. The van der Waals surface area contributed by atoms with E-state index in [1.54, 1.807) is 18.6 Å². The fraction of sp³-hybridized carbons (Fsp3) is 0.143. The Morgan fingerprint density at radius 1 is 1.50 bits per heavy atom. The average molecular weight is 239 g/mol. The number of rotatable bonds is 1. The lowest BCUT2D eigenvalue weighted by Gasteiger charge is -2.13. The molecule has 0 N–H and O–H groups in total. The van der Waals surface area contributed by atoms with Crippen molar-refractivity contribution in [2.75, 3.05) is 0 Å². The summed E-state index contributed by atoms with van der Waals surface area (Å²) in [6, 6.07) is 6.57. The summed E-state index contributed by atoms with van der Waals surface area (Å²) in [6.07, 6.45) is 4.25. The van der Waals surface area contributed by atoms with Crippen molar-refractivity contribution in [3.05, 3.63) is 59.9 Å². The van der Waals surface area contributed by atoms with E-state index in [1.165, 1.54) is 12.1 Å². The van der Waals surface area contributed by atoms with E-state index in [0.717, 1.165) is 23.3 Å². The van der Waals surface area contributed by atoms with Crippen LogP contribution >= 0.6 is 0 Å². The van der Waals surface area contributed by atoms with Crippen molar-refractivity contribution in [3.8, 4) is 6.07 Å². The molecule has 0 aliphatic carbocycles. The average Bonchev–Trinajstić information content (AvgIpc) is 2.94. The number of hydrogen-bond donors (Lipinski definition) is 0. The molecule has 1 unspecified atom stereocenters. The summed E-state index contributed by atoms with van der Waals surface area (Å²) in [5, 5.41) is 8.72. The number of halogens is 1. The highest BCUT2D eigenvalue weighted by Crippen LogP contribution is 2.38. The van der Waals surface area contributed by atoms with Crippen molar-refractivity contribution >= 4 is 5.57 Å². The van der Waals surface area contributed by atoms with Gasteiger partial charge in [0.15, 0.2) is 0 Å². The quantitative estimate of drug-likeness (QED) is 0.767. The molecule has 88 valence electrons. The van der Waals surface area contributed by atoms with Gasteiger partial charge in [0.25, 0.3) is 0 Å². The Hall–Kier alpha value is -2.41. The van der Waals surface area contributed by atoms with Crippen molar-refractivity contribution in [1.82, 2.24) is 9.55 Å². The van der Waals surface area contributed by atoms with Crippen LogP contribution in [-0.2, 0) is 0 Å². The van der Waals surface area contributed by atoms with E-state index in [9.17, 15) is 4.39 Å². The Labute approximate surface area is 104 Å². The third-order valence-corrected chi connectivity index (χ3v) is 3.30. The van der Waals surface area contributed by atoms with Crippen LogP contribution in [0, 0.1) is 17.1 Å². The smallest absolute Gasteiger partial charge is 0.141 e. The van der Waals surface area contributed by atoms with E-state index in [0.29, 0.717) is 0 Å². The Morgan fingerprint density at radius 3 is 3.06 bits per heavy atom. The third-order valence-electron chi connectivity index (χ3n) is 3.30. The number of nitrogens with zero attached hydrogens (tertiary/aromatic N) is 3. The van der Waals surface area contributed by atoms with E-state index >= 15 is 0 Å². The van der Waals surface area contributed by atoms with Crippen molar-refractivity contribution in [3.63, 3.8) is 0 Å². The fourth-order valence-corrected chi connectivity index (χ4v) is 2.37. The Balaban J connectivity index is 2.06. The predicted molar refractivity (Wildman–Crippen MR) is 65.1 cm³/mol. The summed E-state index contributed by atoms with van der Waals surface area (Å²) in [5.41, 5.74) is 2.90. The van der Waals surface area contributed by atoms with Crippen molar-refractivity contribution in [2.45, 2.75) is 12.5 Å². The Morgan fingerprint density at radius 2 is 2.33 bits per heavy atom. The van der Waals surface area contributed by atoms with Gasteiger partial charge in [0.05, 0.1) is 29.8 Å². The molecular formula is C14H10FN3. The second-order valence-electron chi connectivity index (χ2n) is 4.36. The van der Waals surface area contributed by atoms with Crippen molar-refractivity contribution < 1.29 is 4.39 Å². The molecule has 0 saturated carbocycles. The molecule has 0 amide bonds. The first-order chi connectivity index (χ1) is 8.70. The maximum absolute atomic E-state index is 13.6. The molecule has 0 radical (unpaired) electrons. The molecule has 1 aliphatic rings. The van der Waals surface area contributed by atoms with Crippen LogP contribution < -0.4 is 0 Å². The van der Waals surface area contributed by atoms with Gasteiger partial charge < -0.3 is 4.57 Å². The van der Waals surface area contributed by atoms with Gasteiger partial charge in [0, 0.05) is 0 Å². The SMILES string of the molecule is C=C1CC(c2ccc(C#N)c(F)c2)n2cncc21. The predicted octanol–water partition coefficient (Wildman–Crippen LogP) is 2.90. The first kappa shape index (κ1) is 10.7. The van der Waals surface area contributed by atoms with Gasteiger partial charge in [-0.05, 0) is 29.7 Å².